The van der Waals surface area contributed by atoms with Crippen LogP contribution in [0.4, 0.5) is 10.5 Å². The first-order valence-corrected chi connectivity index (χ1v) is 16.9. The highest BCUT2D eigenvalue weighted by molar-refractivity contribution is 5.96. The number of fused-ring (bicyclic) bond motifs is 1. The van der Waals surface area contributed by atoms with E-state index in [1.54, 1.807) is 12.0 Å². The van der Waals surface area contributed by atoms with Gasteiger partial charge < -0.3 is 24.2 Å². The van der Waals surface area contributed by atoms with Crippen LogP contribution >= 0.6 is 0 Å². The molecule has 2 aliphatic heterocycles. The summed E-state index contributed by atoms with van der Waals surface area (Å²) in [4.78, 5) is 47.0. The van der Waals surface area contributed by atoms with Crippen LogP contribution in [0.25, 0.3) is 11.1 Å². The van der Waals surface area contributed by atoms with Gasteiger partial charge in [0.1, 0.15) is 5.60 Å². The van der Waals surface area contributed by atoms with Crippen LogP contribution in [0.3, 0.4) is 0 Å². The summed E-state index contributed by atoms with van der Waals surface area (Å²) in [5.41, 5.74) is 4.76. The van der Waals surface area contributed by atoms with Gasteiger partial charge in [0.2, 0.25) is 11.8 Å². The fraction of sp³-hybridized carbons (Fsp3) is 0.462. The molecule has 47 heavy (non-hydrogen) atoms. The van der Waals surface area contributed by atoms with Crippen molar-refractivity contribution in [3.8, 4) is 11.1 Å². The lowest BCUT2D eigenvalue weighted by Gasteiger charge is -2.41. The van der Waals surface area contributed by atoms with Crippen LogP contribution in [-0.4, -0.2) is 79.2 Å². The number of hydrogen-bond donors (Lipinski definition) is 0. The number of carbonyl (C=O) groups is 3. The second-order valence-electron chi connectivity index (χ2n) is 14.1. The third kappa shape index (κ3) is 7.54. The number of methoxy groups -OCH3 is 1. The van der Waals surface area contributed by atoms with Crippen molar-refractivity contribution < 1.29 is 23.9 Å². The highest BCUT2D eigenvalue weighted by atomic mass is 16.6. The standard InChI is InChI=1S/C39H47N3O5/c1-39(2,3)47-38(45)40-21-19-32(29-14-10-13-28(23-29)27-11-6-5-7-12-27)34(26-40)37(44)41(31-17-18-31)24-30-25-42(36(43)20-22-46-4)35-16-9-8-15-33(30)35/h5-16,23,30-32,34H,17-22,24-26H2,1-4H3/t30?,32-,34+/m1/s1. The Labute approximate surface area is 278 Å². The number of amides is 3. The number of carbonyl (C=O) groups excluding carboxylic acids is 3. The molecule has 0 aromatic heterocycles. The highest BCUT2D eigenvalue weighted by Crippen LogP contribution is 2.42. The molecule has 8 heteroatoms. The number of hydrogen-bond acceptors (Lipinski definition) is 5. The van der Waals surface area contributed by atoms with Gasteiger partial charge in [0.15, 0.2) is 0 Å². The van der Waals surface area contributed by atoms with E-state index in [1.165, 1.54) is 0 Å². The van der Waals surface area contributed by atoms with Crippen molar-refractivity contribution in [1.82, 2.24) is 9.80 Å². The smallest absolute Gasteiger partial charge is 0.410 e. The summed E-state index contributed by atoms with van der Waals surface area (Å²) >= 11 is 0. The van der Waals surface area contributed by atoms with Gasteiger partial charge in [0.05, 0.1) is 18.9 Å². The van der Waals surface area contributed by atoms with Crippen LogP contribution in [0.5, 0.6) is 0 Å². The zero-order chi connectivity index (χ0) is 33.1. The fourth-order valence-electron chi connectivity index (χ4n) is 7.14. The van der Waals surface area contributed by atoms with E-state index in [9.17, 15) is 14.4 Å². The first-order valence-electron chi connectivity index (χ1n) is 16.9. The SMILES string of the molecule is COCCC(=O)N1CC(CN(C(=O)[C@H]2CN(C(=O)OC(C)(C)C)CC[C@@H]2c2cccc(-c3ccccc3)c2)C2CC2)c2ccccc21. The second kappa shape index (κ2) is 13.9. The van der Waals surface area contributed by atoms with Gasteiger partial charge >= 0.3 is 6.09 Å². The molecule has 3 aliphatic rings. The minimum Gasteiger partial charge on any atom is -0.444 e. The van der Waals surface area contributed by atoms with E-state index in [0.29, 0.717) is 45.6 Å². The van der Waals surface area contributed by atoms with Gasteiger partial charge in [0.25, 0.3) is 0 Å². The molecule has 2 heterocycles. The van der Waals surface area contributed by atoms with Crippen molar-refractivity contribution >= 4 is 23.6 Å². The minimum atomic E-state index is -0.625. The number of benzene rings is 3. The number of anilines is 1. The second-order valence-corrected chi connectivity index (χ2v) is 14.1. The Bertz CT molecular complexity index is 1580. The lowest BCUT2D eigenvalue weighted by Crippen LogP contribution is -2.51. The number of rotatable bonds is 9. The summed E-state index contributed by atoms with van der Waals surface area (Å²) < 4.78 is 11.0. The number of ether oxygens (including phenoxy) is 2. The lowest BCUT2D eigenvalue weighted by atomic mass is 9.78. The molecule has 2 fully saturated rings. The summed E-state index contributed by atoms with van der Waals surface area (Å²) in [6.45, 7) is 7.88. The molecule has 1 unspecified atom stereocenters. The molecular weight excluding hydrogens is 590 g/mol. The van der Waals surface area contributed by atoms with E-state index in [0.717, 1.165) is 40.8 Å². The fourth-order valence-corrected chi connectivity index (χ4v) is 7.14. The quantitative estimate of drug-likeness (QED) is 0.256. The summed E-state index contributed by atoms with van der Waals surface area (Å²) in [5, 5.41) is 0. The Balaban J connectivity index is 1.29. The van der Waals surface area contributed by atoms with Crippen molar-refractivity contribution in [3.05, 3.63) is 90.0 Å². The Morgan fingerprint density at radius 1 is 0.872 bits per heavy atom. The van der Waals surface area contributed by atoms with Crippen LogP contribution in [0.15, 0.2) is 78.9 Å². The third-order valence-electron chi connectivity index (χ3n) is 9.58. The maximum atomic E-state index is 14.9. The van der Waals surface area contributed by atoms with Crippen LogP contribution in [0, 0.1) is 5.92 Å². The molecule has 3 atom stereocenters. The van der Waals surface area contributed by atoms with Crippen LogP contribution in [0.1, 0.15) is 69.4 Å². The maximum Gasteiger partial charge on any atom is 0.410 e. The molecule has 0 radical (unpaired) electrons. The van der Waals surface area contributed by atoms with Crippen molar-refractivity contribution in [3.63, 3.8) is 0 Å². The van der Waals surface area contributed by atoms with Crippen LogP contribution < -0.4 is 4.90 Å². The van der Waals surface area contributed by atoms with Crippen molar-refractivity contribution in [2.24, 2.45) is 5.92 Å². The van der Waals surface area contributed by atoms with E-state index in [4.69, 9.17) is 9.47 Å². The Morgan fingerprint density at radius 2 is 1.60 bits per heavy atom. The molecule has 3 aromatic carbocycles. The molecule has 0 N–H and O–H groups in total. The Kier molecular flexibility index (Phi) is 9.69. The molecule has 3 aromatic rings. The molecule has 0 spiro atoms. The zero-order valence-corrected chi connectivity index (χ0v) is 28.1. The van der Waals surface area contributed by atoms with Gasteiger partial charge in [-0.1, -0.05) is 72.8 Å². The number of para-hydroxylation sites is 1. The van der Waals surface area contributed by atoms with E-state index < -0.39 is 11.5 Å². The van der Waals surface area contributed by atoms with E-state index >= 15 is 0 Å². The van der Waals surface area contributed by atoms with Gasteiger partial charge in [-0.05, 0) is 74.3 Å². The molecule has 1 aliphatic carbocycles. The third-order valence-corrected chi connectivity index (χ3v) is 9.58. The molecule has 3 amide bonds. The Morgan fingerprint density at radius 3 is 2.32 bits per heavy atom. The summed E-state index contributed by atoms with van der Waals surface area (Å²) in [5.74, 6) is -0.344. The van der Waals surface area contributed by atoms with Crippen LogP contribution in [-0.2, 0) is 19.1 Å². The van der Waals surface area contributed by atoms with Gasteiger partial charge in [-0.3, -0.25) is 9.59 Å². The first-order chi connectivity index (χ1) is 22.6. The first kappa shape index (κ1) is 32.8. The largest absolute Gasteiger partial charge is 0.444 e. The minimum absolute atomic E-state index is 0.00709. The topological polar surface area (TPSA) is 79.4 Å². The highest BCUT2D eigenvalue weighted by Gasteiger charge is 2.45. The van der Waals surface area contributed by atoms with Crippen molar-refractivity contribution in [2.75, 3.05) is 44.8 Å². The van der Waals surface area contributed by atoms with Crippen molar-refractivity contribution in [2.45, 2.75) is 69.9 Å². The van der Waals surface area contributed by atoms with E-state index in [2.05, 4.69) is 47.4 Å². The maximum absolute atomic E-state index is 14.9. The molecule has 8 nitrogen and oxygen atoms in total. The van der Waals surface area contributed by atoms with E-state index in [-0.39, 0.29) is 35.8 Å². The predicted octanol–water partition coefficient (Wildman–Crippen LogP) is 6.85. The lowest BCUT2D eigenvalue weighted by molar-refractivity contribution is -0.138. The van der Waals surface area contributed by atoms with Crippen LogP contribution in [0.2, 0.25) is 0 Å². The molecule has 0 bridgehead atoms. The van der Waals surface area contributed by atoms with Gasteiger partial charge in [-0.2, -0.15) is 0 Å². The number of piperidine rings is 1. The van der Waals surface area contributed by atoms with E-state index in [1.807, 2.05) is 62.1 Å². The predicted molar refractivity (Wildman–Crippen MR) is 183 cm³/mol. The zero-order valence-electron chi connectivity index (χ0n) is 28.1. The van der Waals surface area contributed by atoms with Gasteiger partial charge in [-0.15, -0.1) is 0 Å². The number of nitrogens with zero attached hydrogens (tertiary/aromatic N) is 3. The summed E-state index contributed by atoms with van der Waals surface area (Å²) in [6, 6.07) is 27.0. The van der Waals surface area contributed by atoms with Gasteiger partial charge in [-0.25, -0.2) is 4.79 Å². The molecule has 1 saturated heterocycles. The molecule has 248 valence electrons. The molecule has 6 rings (SSSR count). The monoisotopic (exact) mass is 637 g/mol. The average molecular weight is 638 g/mol. The van der Waals surface area contributed by atoms with Crippen molar-refractivity contribution in [1.29, 1.82) is 0 Å². The summed E-state index contributed by atoms with van der Waals surface area (Å²) in [7, 11) is 1.60. The normalized spacial score (nSPS) is 20.9. The number of likely N-dealkylation sites (tertiary alicyclic amines) is 1. The summed E-state index contributed by atoms with van der Waals surface area (Å²) in [6.07, 6.45) is 2.54. The average Bonchev–Trinajstić information content (AvgIpc) is 3.86. The van der Waals surface area contributed by atoms with Gasteiger partial charge in [0, 0.05) is 50.9 Å². The molecular formula is C39H47N3O5. The molecule has 1 saturated carbocycles. The Hall–Kier alpha value is -4.17.